The van der Waals surface area contributed by atoms with Gasteiger partial charge in [0.25, 0.3) is 0 Å². The van der Waals surface area contributed by atoms with Crippen LogP contribution in [0.15, 0.2) is 12.2 Å². The lowest BCUT2D eigenvalue weighted by Gasteiger charge is -2.29. The summed E-state index contributed by atoms with van der Waals surface area (Å²) in [5.74, 6) is 0.158. The first kappa shape index (κ1) is 9.79. The van der Waals surface area contributed by atoms with Crippen molar-refractivity contribution in [1.29, 1.82) is 5.26 Å². The molecule has 0 aliphatic carbocycles. The summed E-state index contributed by atoms with van der Waals surface area (Å²) in [5.41, 5.74) is 0.579. The Morgan fingerprint density at radius 2 is 2.08 bits per heavy atom. The first-order valence-electron chi connectivity index (χ1n) is 4.49. The Bertz CT molecular complexity index is 257. The van der Waals surface area contributed by atoms with Crippen molar-refractivity contribution in [3.8, 4) is 6.07 Å². The Labute approximate surface area is 78.6 Å². The Kier molecular flexibility index (Phi) is 3.07. The molecule has 3 nitrogen and oxygen atoms in total. The van der Waals surface area contributed by atoms with Crippen LogP contribution in [0.25, 0.3) is 0 Å². The molecule has 0 atom stereocenters. The van der Waals surface area contributed by atoms with Crippen LogP contribution >= 0.6 is 0 Å². The quantitative estimate of drug-likeness (QED) is 0.568. The molecule has 1 aliphatic heterocycles. The summed E-state index contributed by atoms with van der Waals surface area (Å²) in [5, 5.41) is 8.65. The van der Waals surface area contributed by atoms with Crippen molar-refractivity contribution >= 4 is 5.91 Å². The first-order valence-corrected chi connectivity index (χ1v) is 4.49. The van der Waals surface area contributed by atoms with Gasteiger partial charge in [-0.05, 0) is 19.8 Å². The van der Waals surface area contributed by atoms with Gasteiger partial charge in [-0.3, -0.25) is 4.79 Å². The molecule has 13 heavy (non-hydrogen) atoms. The van der Waals surface area contributed by atoms with Crippen molar-refractivity contribution in [2.75, 3.05) is 13.1 Å². The number of hydrogen-bond acceptors (Lipinski definition) is 2. The topological polar surface area (TPSA) is 44.1 Å². The molecule has 1 amide bonds. The highest BCUT2D eigenvalue weighted by Crippen LogP contribution is 2.17. The van der Waals surface area contributed by atoms with Crippen LogP contribution in [-0.2, 0) is 4.79 Å². The number of nitriles is 1. The van der Waals surface area contributed by atoms with Gasteiger partial charge >= 0.3 is 0 Å². The van der Waals surface area contributed by atoms with Gasteiger partial charge in [-0.1, -0.05) is 6.58 Å². The lowest BCUT2D eigenvalue weighted by Crippen LogP contribution is -2.38. The van der Waals surface area contributed by atoms with Gasteiger partial charge in [-0.15, -0.1) is 0 Å². The van der Waals surface area contributed by atoms with Gasteiger partial charge in [0.15, 0.2) is 0 Å². The molecule has 0 N–H and O–H groups in total. The van der Waals surface area contributed by atoms with Crippen LogP contribution in [0.1, 0.15) is 19.8 Å². The maximum Gasteiger partial charge on any atom is 0.248 e. The van der Waals surface area contributed by atoms with Gasteiger partial charge in [0.05, 0.1) is 6.07 Å². The highest BCUT2D eigenvalue weighted by Gasteiger charge is 2.22. The third kappa shape index (κ3) is 2.32. The second-order valence-corrected chi connectivity index (χ2v) is 3.48. The molecule has 0 spiro atoms. The highest BCUT2D eigenvalue weighted by atomic mass is 16.2. The molecule has 1 saturated heterocycles. The molecule has 1 rings (SSSR count). The summed E-state index contributed by atoms with van der Waals surface area (Å²) in [4.78, 5) is 13.2. The fourth-order valence-electron chi connectivity index (χ4n) is 1.48. The first-order chi connectivity index (χ1) is 6.15. The van der Waals surface area contributed by atoms with E-state index < -0.39 is 0 Å². The lowest BCUT2D eigenvalue weighted by atomic mass is 9.98. The summed E-state index contributed by atoms with van der Waals surface area (Å²) in [7, 11) is 0. The Morgan fingerprint density at radius 1 is 1.54 bits per heavy atom. The molecule has 0 saturated carbocycles. The van der Waals surface area contributed by atoms with E-state index in [1.165, 1.54) is 0 Å². The van der Waals surface area contributed by atoms with Crippen LogP contribution in [0.3, 0.4) is 0 Å². The van der Waals surface area contributed by atoms with Crippen LogP contribution in [-0.4, -0.2) is 23.9 Å². The SMILES string of the molecule is C=C(C)C(=O)N1CCC(C#N)CC1. The van der Waals surface area contributed by atoms with Gasteiger partial charge < -0.3 is 4.90 Å². The van der Waals surface area contributed by atoms with Crippen molar-refractivity contribution < 1.29 is 4.79 Å². The fraction of sp³-hybridized carbons (Fsp3) is 0.600. The minimum atomic E-state index is 0.0244. The van der Waals surface area contributed by atoms with E-state index in [1.807, 2.05) is 0 Å². The molecule has 1 aliphatic rings. The maximum atomic E-state index is 11.4. The zero-order valence-electron chi connectivity index (χ0n) is 7.92. The number of piperidine rings is 1. The summed E-state index contributed by atoms with van der Waals surface area (Å²) in [6.45, 7) is 6.73. The molecule has 0 aromatic rings. The van der Waals surface area contributed by atoms with Gasteiger partial charge in [0.2, 0.25) is 5.91 Å². The summed E-state index contributed by atoms with van der Waals surface area (Å²) >= 11 is 0. The molecular weight excluding hydrogens is 164 g/mol. The monoisotopic (exact) mass is 178 g/mol. The minimum Gasteiger partial charge on any atom is -0.339 e. The second-order valence-electron chi connectivity index (χ2n) is 3.48. The van der Waals surface area contributed by atoms with Crippen LogP contribution in [0.5, 0.6) is 0 Å². The van der Waals surface area contributed by atoms with E-state index >= 15 is 0 Å². The highest BCUT2D eigenvalue weighted by molar-refractivity contribution is 5.92. The number of carbonyl (C=O) groups excluding carboxylic acids is 1. The molecule has 0 aromatic carbocycles. The lowest BCUT2D eigenvalue weighted by molar-refractivity contribution is -0.128. The van der Waals surface area contributed by atoms with E-state index in [0.29, 0.717) is 18.7 Å². The molecule has 0 bridgehead atoms. The van der Waals surface area contributed by atoms with E-state index in [9.17, 15) is 4.79 Å². The average molecular weight is 178 g/mol. The molecule has 1 fully saturated rings. The standard InChI is InChI=1S/C10H14N2O/c1-8(2)10(13)12-5-3-9(7-11)4-6-12/h9H,1,3-6H2,2H3. The van der Waals surface area contributed by atoms with Crippen LogP contribution in [0, 0.1) is 17.2 Å². The number of rotatable bonds is 1. The van der Waals surface area contributed by atoms with Crippen LogP contribution in [0.2, 0.25) is 0 Å². The predicted molar refractivity (Wildman–Crippen MR) is 49.7 cm³/mol. The van der Waals surface area contributed by atoms with Crippen LogP contribution in [0.4, 0.5) is 0 Å². The number of nitrogens with zero attached hydrogens (tertiary/aromatic N) is 2. The summed E-state index contributed by atoms with van der Waals surface area (Å²) in [6.07, 6.45) is 1.60. The molecule has 0 aromatic heterocycles. The van der Waals surface area contributed by atoms with Crippen molar-refractivity contribution in [3.63, 3.8) is 0 Å². The smallest absolute Gasteiger partial charge is 0.248 e. The van der Waals surface area contributed by atoms with E-state index in [0.717, 1.165) is 12.8 Å². The normalized spacial score (nSPS) is 18.0. The Balaban J connectivity index is 2.46. The van der Waals surface area contributed by atoms with Gasteiger partial charge in [-0.25, -0.2) is 0 Å². The average Bonchev–Trinajstić information content (AvgIpc) is 2.17. The number of amides is 1. The van der Waals surface area contributed by atoms with E-state index in [-0.39, 0.29) is 11.8 Å². The molecule has 0 radical (unpaired) electrons. The zero-order chi connectivity index (χ0) is 9.84. The van der Waals surface area contributed by atoms with E-state index in [4.69, 9.17) is 5.26 Å². The van der Waals surface area contributed by atoms with E-state index in [2.05, 4.69) is 12.6 Å². The molecule has 0 unspecified atom stereocenters. The molecule has 70 valence electrons. The molecule has 1 heterocycles. The number of hydrogen-bond donors (Lipinski definition) is 0. The number of carbonyl (C=O) groups is 1. The minimum absolute atomic E-state index is 0.0244. The summed E-state index contributed by atoms with van der Waals surface area (Å²) in [6, 6.07) is 2.23. The third-order valence-corrected chi connectivity index (χ3v) is 2.33. The van der Waals surface area contributed by atoms with Gasteiger partial charge in [-0.2, -0.15) is 5.26 Å². The van der Waals surface area contributed by atoms with E-state index in [1.54, 1.807) is 11.8 Å². The predicted octanol–water partition coefficient (Wildman–Crippen LogP) is 1.32. The van der Waals surface area contributed by atoms with Gasteiger partial charge in [0.1, 0.15) is 0 Å². The largest absolute Gasteiger partial charge is 0.339 e. The van der Waals surface area contributed by atoms with Crippen molar-refractivity contribution in [1.82, 2.24) is 4.90 Å². The fourth-order valence-corrected chi connectivity index (χ4v) is 1.48. The zero-order valence-corrected chi connectivity index (χ0v) is 7.92. The maximum absolute atomic E-state index is 11.4. The molecule has 3 heteroatoms. The van der Waals surface area contributed by atoms with Crippen molar-refractivity contribution in [2.45, 2.75) is 19.8 Å². The Hall–Kier alpha value is -1.30. The molecular formula is C10H14N2O. The van der Waals surface area contributed by atoms with Crippen molar-refractivity contribution in [2.24, 2.45) is 5.92 Å². The Morgan fingerprint density at radius 3 is 2.46 bits per heavy atom. The van der Waals surface area contributed by atoms with Crippen molar-refractivity contribution in [3.05, 3.63) is 12.2 Å². The summed E-state index contributed by atoms with van der Waals surface area (Å²) < 4.78 is 0. The second kappa shape index (κ2) is 4.08. The number of likely N-dealkylation sites (tertiary alicyclic amines) is 1. The third-order valence-electron chi connectivity index (χ3n) is 2.33. The van der Waals surface area contributed by atoms with Gasteiger partial charge in [0, 0.05) is 24.6 Å². The van der Waals surface area contributed by atoms with Crippen LogP contribution < -0.4 is 0 Å².